The highest BCUT2D eigenvalue weighted by Crippen LogP contribution is 2.25. The Morgan fingerprint density at radius 2 is 1.77 bits per heavy atom. The van der Waals surface area contributed by atoms with E-state index in [2.05, 4.69) is 44.7 Å². The smallest absolute Gasteiger partial charge is 0.288 e. The number of likely N-dealkylation sites (tertiary alicyclic amines) is 1. The number of piperidine rings is 1. The number of hydrogen-bond acceptors (Lipinski definition) is 4. The maximum atomic E-state index is 12.9. The van der Waals surface area contributed by atoms with Crippen molar-refractivity contribution >= 4 is 27.7 Å². The van der Waals surface area contributed by atoms with Gasteiger partial charge in [0, 0.05) is 42.0 Å². The molecule has 0 aliphatic carbocycles. The molecule has 1 fully saturated rings. The van der Waals surface area contributed by atoms with E-state index in [1.807, 2.05) is 30.3 Å². The Kier molecular flexibility index (Phi) is 5.26. The molecule has 31 heavy (non-hydrogen) atoms. The first-order valence-corrected chi connectivity index (χ1v) is 10.7. The third-order valence-electron chi connectivity index (χ3n) is 6.09. The van der Waals surface area contributed by atoms with Gasteiger partial charge in [-0.2, -0.15) is 5.10 Å². The normalized spacial score (nSPS) is 15.5. The van der Waals surface area contributed by atoms with Crippen molar-refractivity contribution in [1.29, 1.82) is 0 Å². The fraction of sp³-hybridized carbons (Fsp3) is 0.292. The highest BCUT2D eigenvalue weighted by atomic mass is 16.2. The van der Waals surface area contributed by atoms with Gasteiger partial charge in [0.05, 0.1) is 6.20 Å². The van der Waals surface area contributed by atoms with Crippen LogP contribution in [-0.4, -0.2) is 44.7 Å². The lowest BCUT2D eigenvalue weighted by atomic mass is 10.0. The van der Waals surface area contributed by atoms with Gasteiger partial charge >= 0.3 is 0 Å². The number of carbonyl (C=O) groups is 1. The van der Waals surface area contributed by atoms with Crippen molar-refractivity contribution in [1.82, 2.24) is 25.0 Å². The number of hydrogen-bond donors (Lipinski definition) is 2. The van der Waals surface area contributed by atoms with Crippen LogP contribution in [0, 0.1) is 0 Å². The quantitative estimate of drug-likeness (QED) is 0.525. The van der Waals surface area contributed by atoms with Gasteiger partial charge in [-0.1, -0.05) is 48.5 Å². The fourth-order valence-corrected chi connectivity index (χ4v) is 4.57. The summed E-state index contributed by atoms with van der Waals surface area (Å²) in [5.74, 6) is -0.0691. The van der Waals surface area contributed by atoms with E-state index in [0.29, 0.717) is 5.52 Å². The standard InChI is InChI=1S/C24H25N5O2/c30-22(26-18-10-12-28(13-11-18)15-17-6-2-1-3-7-17)16-29-21-9-5-4-8-19(21)20-14-25-27-24(31)23(20)29/h1-9,14,18H,10-13,15-16H2,(H,26,30)(H,27,31). The Bertz CT molecular complexity index is 1270. The molecule has 1 aliphatic heterocycles. The second-order valence-electron chi connectivity index (χ2n) is 8.17. The summed E-state index contributed by atoms with van der Waals surface area (Å²) in [6.07, 6.45) is 3.50. The van der Waals surface area contributed by atoms with E-state index in [4.69, 9.17) is 0 Å². The number of aromatic amines is 1. The first-order chi connectivity index (χ1) is 15.2. The van der Waals surface area contributed by atoms with E-state index in [0.717, 1.165) is 48.8 Å². The van der Waals surface area contributed by atoms with Crippen molar-refractivity contribution in [3.8, 4) is 0 Å². The molecule has 2 aromatic heterocycles. The lowest BCUT2D eigenvalue weighted by molar-refractivity contribution is -0.122. The molecule has 1 saturated heterocycles. The molecule has 0 unspecified atom stereocenters. The zero-order valence-electron chi connectivity index (χ0n) is 17.3. The third-order valence-corrected chi connectivity index (χ3v) is 6.09. The maximum absolute atomic E-state index is 12.9. The van der Waals surface area contributed by atoms with Gasteiger partial charge in [0.1, 0.15) is 12.1 Å². The van der Waals surface area contributed by atoms with E-state index in [1.165, 1.54) is 5.56 Å². The highest BCUT2D eigenvalue weighted by molar-refractivity contribution is 6.07. The van der Waals surface area contributed by atoms with Crippen LogP contribution in [0.3, 0.4) is 0 Å². The monoisotopic (exact) mass is 415 g/mol. The molecule has 3 heterocycles. The van der Waals surface area contributed by atoms with Gasteiger partial charge < -0.3 is 9.88 Å². The molecule has 0 spiro atoms. The van der Waals surface area contributed by atoms with Crippen LogP contribution in [-0.2, 0) is 17.9 Å². The molecule has 7 heteroatoms. The molecule has 0 radical (unpaired) electrons. The van der Waals surface area contributed by atoms with Crippen LogP contribution in [0.15, 0.2) is 65.6 Å². The van der Waals surface area contributed by atoms with Gasteiger partial charge in [-0.15, -0.1) is 0 Å². The number of amides is 1. The summed E-state index contributed by atoms with van der Waals surface area (Å²) in [7, 11) is 0. The minimum atomic E-state index is -0.282. The molecule has 5 rings (SSSR count). The minimum Gasteiger partial charge on any atom is -0.352 e. The SMILES string of the molecule is O=C(Cn1c2ccccc2c2cn[nH]c(=O)c21)NC1CCN(Cc2ccccc2)CC1. The summed E-state index contributed by atoms with van der Waals surface area (Å²) >= 11 is 0. The largest absolute Gasteiger partial charge is 0.352 e. The number of rotatable bonds is 5. The third kappa shape index (κ3) is 3.96. The molecule has 2 N–H and O–H groups in total. The van der Waals surface area contributed by atoms with Crippen LogP contribution in [0.5, 0.6) is 0 Å². The Hall–Kier alpha value is -3.45. The second-order valence-corrected chi connectivity index (χ2v) is 8.17. The highest BCUT2D eigenvalue weighted by Gasteiger charge is 2.22. The number of aromatic nitrogens is 3. The molecule has 1 aliphatic rings. The molecule has 0 saturated carbocycles. The van der Waals surface area contributed by atoms with Crippen molar-refractivity contribution in [2.45, 2.75) is 32.0 Å². The van der Waals surface area contributed by atoms with E-state index >= 15 is 0 Å². The Labute approximate surface area is 179 Å². The second kappa shape index (κ2) is 8.35. The van der Waals surface area contributed by atoms with E-state index in [1.54, 1.807) is 10.8 Å². The molecule has 7 nitrogen and oxygen atoms in total. The van der Waals surface area contributed by atoms with Crippen LogP contribution in [0.4, 0.5) is 0 Å². The molecule has 0 bridgehead atoms. The predicted molar refractivity (Wildman–Crippen MR) is 121 cm³/mol. The Balaban J connectivity index is 1.26. The molecular weight excluding hydrogens is 390 g/mol. The zero-order chi connectivity index (χ0) is 21.2. The van der Waals surface area contributed by atoms with Gasteiger partial charge in [0.25, 0.3) is 5.56 Å². The summed E-state index contributed by atoms with van der Waals surface area (Å²) in [4.78, 5) is 27.8. The van der Waals surface area contributed by atoms with Gasteiger partial charge in [0.15, 0.2) is 0 Å². The van der Waals surface area contributed by atoms with Crippen molar-refractivity contribution in [3.63, 3.8) is 0 Å². The van der Waals surface area contributed by atoms with Crippen molar-refractivity contribution < 1.29 is 4.79 Å². The zero-order valence-corrected chi connectivity index (χ0v) is 17.3. The molecule has 2 aromatic carbocycles. The van der Waals surface area contributed by atoms with Crippen LogP contribution < -0.4 is 10.9 Å². The number of H-pyrrole nitrogens is 1. The number of carbonyl (C=O) groups excluding carboxylic acids is 1. The lowest BCUT2D eigenvalue weighted by Crippen LogP contribution is -2.45. The van der Waals surface area contributed by atoms with E-state index < -0.39 is 0 Å². The summed E-state index contributed by atoms with van der Waals surface area (Å²) in [5, 5.41) is 11.3. The molecular formula is C24H25N5O2. The van der Waals surface area contributed by atoms with Crippen molar-refractivity contribution in [3.05, 3.63) is 76.7 Å². The van der Waals surface area contributed by atoms with Gasteiger partial charge in [-0.25, -0.2) is 5.10 Å². The molecule has 0 atom stereocenters. The van der Waals surface area contributed by atoms with E-state index in [9.17, 15) is 9.59 Å². The topological polar surface area (TPSA) is 83.0 Å². The summed E-state index contributed by atoms with van der Waals surface area (Å²) in [6.45, 7) is 2.97. The van der Waals surface area contributed by atoms with Crippen molar-refractivity contribution in [2.24, 2.45) is 0 Å². The number of benzene rings is 2. The summed E-state index contributed by atoms with van der Waals surface area (Å²) in [5.41, 5.74) is 2.39. The average Bonchev–Trinajstić information content (AvgIpc) is 3.11. The first-order valence-electron chi connectivity index (χ1n) is 10.7. The number of nitrogens with one attached hydrogen (secondary N) is 2. The molecule has 1 amide bonds. The number of fused-ring (bicyclic) bond motifs is 3. The predicted octanol–water partition coefficient (Wildman–Crippen LogP) is 2.66. The van der Waals surface area contributed by atoms with E-state index in [-0.39, 0.29) is 24.1 Å². The van der Waals surface area contributed by atoms with Crippen LogP contribution in [0.1, 0.15) is 18.4 Å². The number of nitrogens with zero attached hydrogens (tertiary/aromatic N) is 3. The fourth-order valence-electron chi connectivity index (χ4n) is 4.57. The summed E-state index contributed by atoms with van der Waals surface area (Å²) < 4.78 is 1.80. The Morgan fingerprint density at radius 1 is 1.03 bits per heavy atom. The van der Waals surface area contributed by atoms with Crippen molar-refractivity contribution in [2.75, 3.05) is 13.1 Å². The summed E-state index contributed by atoms with van der Waals surface area (Å²) in [6, 6.07) is 18.4. The minimum absolute atomic E-state index is 0.0691. The van der Waals surface area contributed by atoms with Crippen LogP contribution in [0.2, 0.25) is 0 Å². The average molecular weight is 415 g/mol. The first kappa shape index (κ1) is 19.5. The maximum Gasteiger partial charge on any atom is 0.288 e. The number of para-hydroxylation sites is 1. The lowest BCUT2D eigenvalue weighted by Gasteiger charge is -2.32. The molecule has 158 valence electrons. The van der Waals surface area contributed by atoms with Crippen LogP contribution >= 0.6 is 0 Å². The van der Waals surface area contributed by atoms with Gasteiger partial charge in [-0.3, -0.25) is 14.5 Å². The van der Waals surface area contributed by atoms with Gasteiger partial charge in [0.2, 0.25) is 5.91 Å². The van der Waals surface area contributed by atoms with Crippen LogP contribution in [0.25, 0.3) is 21.8 Å². The molecule has 4 aromatic rings. The Morgan fingerprint density at radius 3 is 2.58 bits per heavy atom. The van der Waals surface area contributed by atoms with Gasteiger partial charge in [-0.05, 0) is 24.5 Å².